The Morgan fingerprint density at radius 3 is 2.65 bits per heavy atom. The SMILES string of the molecule is CN(C)S(=O)(=O)CCCSc1nc2ccccc2n1C. The average Bonchev–Trinajstić information content (AvgIpc) is 2.72. The minimum atomic E-state index is -3.09. The fourth-order valence-electron chi connectivity index (χ4n) is 1.84. The van der Waals surface area contributed by atoms with Gasteiger partial charge in [0.1, 0.15) is 0 Å². The van der Waals surface area contributed by atoms with E-state index in [0.29, 0.717) is 6.42 Å². The van der Waals surface area contributed by atoms with Crippen molar-refractivity contribution in [3.8, 4) is 0 Å². The molecule has 0 saturated carbocycles. The first kappa shape index (κ1) is 15.3. The molecule has 0 unspecified atom stereocenters. The van der Waals surface area contributed by atoms with E-state index < -0.39 is 10.0 Å². The maximum absolute atomic E-state index is 11.6. The topological polar surface area (TPSA) is 55.2 Å². The van der Waals surface area contributed by atoms with Crippen LogP contribution in [0.15, 0.2) is 29.4 Å². The maximum Gasteiger partial charge on any atom is 0.213 e. The van der Waals surface area contributed by atoms with Crippen LogP contribution in [-0.2, 0) is 17.1 Å². The molecular formula is C13H19N3O2S2. The van der Waals surface area contributed by atoms with Crippen LogP contribution in [0.5, 0.6) is 0 Å². The lowest BCUT2D eigenvalue weighted by molar-refractivity contribution is 0.520. The number of sulfonamides is 1. The number of aromatic nitrogens is 2. The van der Waals surface area contributed by atoms with E-state index in [-0.39, 0.29) is 5.75 Å². The van der Waals surface area contributed by atoms with Gasteiger partial charge in [0.15, 0.2) is 5.16 Å². The summed E-state index contributed by atoms with van der Waals surface area (Å²) < 4.78 is 26.6. The summed E-state index contributed by atoms with van der Waals surface area (Å²) in [6.45, 7) is 0. The van der Waals surface area contributed by atoms with Crippen LogP contribution in [0.2, 0.25) is 0 Å². The summed E-state index contributed by atoms with van der Waals surface area (Å²) >= 11 is 1.59. The second-order valence-electron chi connectivity index (χ2n) is 4.74. The standard InChI is InChI=1S/C13H19N3O2S2/c1-15(2)20(17,18)10-6-9-19-13-14-11-7-4-5-8-12(11)16(13)3/h4-5,7-8H,6,9-10H2,1-3H3. The van der Waals surface area contributed by atoms with Gasteiger partial charge < -0.3 is 4.57 Å². The highest BCUT2D eigenvalue weighted by atomic mass is 32.2. The lowest BCUT2D eigenvalue weighted by Crippen LogP contribution is -2.25. The third kappa shape index (κ3) is 3.34. The van der Waals surface area contributed by atoms with E-state index in [1.54, 1.807) is 25.9 Å². The van der Waals surface area contributed by atoms with Gasteiger partial charge in [-0.3, -0.25) is 0 Å². The van der Waals surface area contributed by atoms with Crippen LogP contribution in [0, 0.1) is 0 Å². The average molecular weight is 313 g/mol. The van der Waals surface area contributed by atoms with Gasteiger partial charge in [0.05, 0.1) is 16.8 Å². The van der Waals surface area contributed by atoms with Crippen molar-refractivity contribution in [2.24, 2.45) is 7.05 Å². The Kier molecular flexibility index (Phi) is 4.72. The smallest absolute Gasteiger partial charge is 0.213 e. The molecule has 2 aromatic rings. The van der Waals surface area contributed by atoms with E-state index in [1.165, 1.54) is 4.31 Å². The van der Waals surface area contributed by atoms with Crippen molar-refractivity contribution < 1.29 is 8.42 Å². The molecule has 7 heteroatoms. The zero-order chi connectivity index (χ0) is 14.8. The van der Waals surface area contributed by atoms with Gasteiger partial charge in [-0.25, -0.2) is 17.7 Å². The van der Waals surface area contributed by atoms with Crippen LogP contribution >= 0.6 is 11.8 Å². The molecule has 0 amide bonds. The molecule has 0 atom stereocenters. The Balaban J connectivity index is 1.95. The molecule has 1 heterocycles. The van der Waals surface area contributed by atoms with Crippen molar-refractivity contribution in [3.63, 3.8) is 0 Å². The van der Waals surface area contributed by atoms with Gasteiger partial charge in [0.2, 0.25) is 10.0 Å². The summed E-state index contributed by atoms with van der Waals surface area (Å²) in [5, 5.41) is 0.924. The number of rotatable bonds is 6. The monoisotopic (exact) mass is 313 g/mol. The predicted octanol–water partition coefficient (Wildman–Crippen LogP) is 1.95. The summed E-state index contributed by atoms with van der Waals surface area (Å²) in [6, 6.07) is 7.97. The molecule has 1 aromatic heterocycles. The number of fused-ring (bicyclic) bond motifs is 1. The van der Waals surface area contributed by atoms with Crippen LogP contribution in [0.1, 0.15) is 6.42 Å². The van der Waals surface area contributed by atoms with Crippen LogP contribution < -0.4 is 0 Å². The largest absolute Gasteiger partial charge is 0.322 e. The van der Waals surface area contributed by atoms with Crippen molar-refractivity contribution >= 4 is 32.8 Å². The van der Waals surface area contributed by atoms with Crippen molar-refractivity contribution in [1.82, 2.24) is 13.9 Å². The minimum Gasteiger partial charge on any atom is -0.322 e. The highest BCUT2D eigenvalue weighted by Gasteiger charge is 2.13. The molecule has 0 fully saturated rings. The first-order valence-corrected chi connectivity index (χ1v) is 8.96. The Morgan fingerprint density at radius 2 is 2.00 bits per heavy atom. The highest BCUT2D eigenvalue weighted by Crippen LogP contribution is 2.23. The Bertz CT molecular complexity index is 693. The summed E-state index contributed by atoms with van der Waals surface area (Å²) in [4.78, 5) is 4.55. The van der Waals surface area contributed by atoms with Crippen molar-refractivity contribution in [2.75, 3.05) is 25.6 Å². The van der Waals surface area contributed by atoms with E-state index in [9.17, 15) is 8.42 Å². The number of thioether (sulfide) groups is 1. The maximum atomic E-state index is 11.6. The van der Waals surface area contributed by atoms with Gasteiger partial charge in [-0.1, -0.05) is 23.9 Å². The fourth-order valence-corrected chi connectivity index (χ4v) is 3.82. The number of hydrogen-bond acceptors (Lipinski definition) is 4. The van der Waals surface area contributed by atoms with Gasteiger partial charge >= 0.3 is 0 Å². The molecule has 0 aliphatic carbocycles. The molecule has 20 heavy (non-hydrogen) atoms. The van der Waals surface area contributed by atoms with E-state index >= 15 is 0 Å². The minimum absolute atomic E-state index is 0.178. The zero-order valence-corrected chi connectivity index (χ0v) is 13.5. The highest BCUT2D eigenvalue weighted by molar-refractivity contribution is 7.99. The Morgan fingerprint density at radius 1 is 1.30 bits per heavy atom. The molecule has 1 aromatic carbocycles. The second kappa shape index (κ2) is 6.15. The first-order valence-electron chi connectivity index (χ1n) is 6.36. The molecule has 0 aliphatic rings. The van der Waals surface area contributed by atoms with Gasteiger partial charge in [0, 0.05) is 26.9 Å². The zero-order valence-electron chi connectivity index (χ0n) is 11.9. The molecular weight excluding hydrogens is 294 g/mol. The van der Waals surface area contributed by atoms with Gasteiger partial charge in [-0.15, -0.1) is 0 Å². The number of para-hydroxylation sites is 2. The predicted molar refractivity (Wildman–Crippen MR) is 83.5 cm³/mol. The lowest BCUT2D eigenvalue weighted by atomic mass is 10.3. The van der Waals surface area contributed by atoms with E-state index in [2.05, 4.69) is 4.98 Å². The molecule has 0 spiro atoms. The number of hydrogen-bond donors (Lipinski definition) is 0. The Hall–Kier alpha value is -1.05. The van der Waals surface area contributed by atoms with Crippen molar-refractivity contribution in [2.45, 2.75) is 11.6 Å². The van der Waals surface area contributed by atoms with Gasteiger partial charge in [0.25, 0.3) is 0 Å². The molecule has 0 radical (unpaired) electrons. The van der Waals surface area contributed by atoms with Gasteiger partial charge in [-0.05, 0) is 18.6 Å². The molecule has 0 aliphatic heterocycles. The van der Waals surface area contributed by atoms with Crippen LogP contribution in [0.3, 0.4) is 0 Å². The normalized spacial score (nSPS) is 12.4. The number of imidazole rings is 1. The van der Waals surface area contributed by atoms with E-state index in [0.717, 1.165) is 21.9 Å². The lowest BCUT2D eigenvalue weighted by Gasteiger charge is -2.10. The number of aryl methyl sites for hydroxylation is 1. The third-order valence-corrected chi connectivity index (χ3v) is 6.11. The number of nitrogens with zero attached hydrogens (tertiary/aromatic N) is 3. The molecule has 0 saturated heterocycles. The van der Waals surface area contributed by atoms with Crippen LogP contribution in [0.4, 0.5) is 0 Å². The molecule has 5 nitrogen and oxygen atoms in total. The van der Waals surface area contributed by atoms with Crippen molar-refractivity contribution in [1.29, 1.82) is 0 Å². The summed E-state index contributed by atoms with van der Waals surface area (Å²) in [7, 11) is 2.01. The number of benzene rings is 1. The molecule has 110 valence electrons. The van der Waals surface area contributed by atoms with E-state index in [1.807, 2.05) is 35.9 Å². The quantitative estimate of drug-likeness (QED) is 0.604. The first-order chi connectivity index (χ1) is 9.42. The fraction of sp³-hybridized carbons (Fsp3) is 0.462. The van der Waals surface area contributed by atoms with Gasteiger partial charge in [-0.2, -0.15) is 0 Å². The molecule has 0 bridgehead atoms. The summed E-state index contributed by atoms with van der Waals surface area (Å²) in [5.41, 5.74) is 2.06. The molecule has 0 N–H and O–H groups in total. The molecule has 2 rings (SSSR count). The summed E-state index contributed by atoms with van der Waals surface area (Å²) in [5.74, 6) is 0.918. The second-order valence-corrected chi connectivity index (χ2v) is 8.11. The van der Waals surface area contributed by atoms with Crippen molar-refractivity contribution in [3.05, 3.63) is 24.3 Å². The van der Waals surface area contributed by atoms with E-state index in [4.69, 9.17) is 0 Å². The van der Waals surface area contributed by atoms with Crippen LogP contribution in [0.25, 0.3) is 11.0 Å². The van der Waals surface area contributed by atoms with Crippen LogP contribution in [-0.4, -0.2) is 47.9 Å². The Labute approximate surface area is 124 Å². The third-order valence-electron chi connectivity index (χ3n) is 3.08. The summed E-state index contributed by atoms with van der Waals surface area (Å²) in [6.07, 6.45) is 0.619.